The molecule has 1 aliphatic heterocycles. The van der Waals surface area contributed by atoms with Gasteiger partial charge in [-0.3, -0.25) is 14.8 Å². The molecule has 0 radical (unpaired) electrons. The average molecular weight is 483 g/mol. The number of rotatable bonds is 4. The number of halogens is 4. The van der Waals surface area contributed by atoms with Gasteiger partial charge in [-0.1, -0.05) is 0 Å². The van der Waals surface area contributed by atoms with Crippen LogP contribution < -0.4 is 5.32 Å². The highest BCUT2D eigenvalue weighted by molar-refractivity contribution is 6.00. The Labute approximate surface area is 198 Å². The van der Waals surface area contributed by atoms with E-state index in [2.05, 4.69) is 20.3 Å². The molecular weight excluding hydrogens is 462 g/mol. The van der Waals surface area contributed by atoms with Crippen LogP contribution in [0, 0.1) is 24.1 Å². The minimum absolute atomic E-state index is 0.0239. The van der Waals surface area contributed by atoms with E-state index < -0.39 is 17.6 Å². The highest BCUT2D eigenvalue weighted by Crippen LogP contribution is 2.71. The van der Waals surface area contributed by atoms with Crippen LogP contribution in [0.15, 0.2) is 48.8 Å². The van der Waals surface area contributed by atoms with Crippen LogP contribution in [0.25, 0.3) is 11.4 Å². The molecule has 1 amide bonds. The first kappa shape index (κ1) is 21.9. The van der Waals surface area contributed by atoms with E-state index in [-0.39, 0.29) is 40.4 Å². The lowest BCUT2D eigenvalue weighted by molar-refractivity contribution is -0.137. The molecule has 1 saturated heterocycles. The highest BCUT2D eigenvalue weighted by atomic mass is 19.4. The molecule has 6 rings (SSSR count). The van der Waals surface area contributed by atoms with E-state index >= 15 is 0 Å². The van der Waals surface area contributed by atoms with Crippen LogP contribution >= 0.6 is 0 Å². The Kier molecular flexibility index (Phi) is 4.68. The number of hydrogen-bond acceptors (Lipinski definition) is 5. The van der Waals surface area contributed by atoms with Gasteiger partial charge in [-0.05, 0) is 67.5 Å². The molecule has 4 heterocycles. The lowest BCUT2D eigenvalue weighted by Gasteiger charge is -2.48. The lowest BCUT2D eigenvalue weighted by Crippen LogP contribution is -2.60. The van der Waals surface area contributed by atoms with Crippen LogP contribution in [-0.2, 0) is 6.18 Å². The second-order valence-electron chi connectivity index (χ2n) is 9.60. The number of likely N-dealkylation sites (tertiary alicyclic amines) is 1. The Balaban J connectivity index is 1.27. The number of carbonyl (C=O) groups excluding carboxylic acids is 1. The standard InChI is InChI=1S/C25H21F4N5O/c1-13-4-6-16(20(32-13)21-17(26)3-2-8-30-21)23(35)34-12-15-9-24(15)10-18(22(24)34)33-19-7-5-14(11-31-19)25(27,28)29/h2-8,11,15,18,22H,9-10,12H2,1H3,(H,31,33). The second kappa shape index (κ2) is 7.47. The Hall–Kier alpha value is -3.56. The maximum absolute atomic E-state index is 14.5. The van der Waals surface area contributed by atoms with E-state index in [0.29, 0.717) is 24.0 Å². The van der Waals surface area contributed by atoms with E-state index in [4.69, 9.17) is 0 Å². The van der Waals surface area contributed by atoms with Gasteiger partial charge in [0, 0.05) is 30.7 Å². The number of hydrogen-bond donors (Lipinski definition) is 1. The molecule has 4 atom stereocenters. The number of aromatic nitrogens is 3. The van der Waals surface area contributed by atoms with Crippen molar-refractivity contribution in [1.82, 2.24) is 19.9 Å². The van der Waals surface area contributed by atoms with Gasteiger partial charge in [0.2, 0.25) is 0 Å². The molecule has 2 saturated carbocycles. The van der Waals surface area contributed by atoms with Crippen molar-refractivity contribution < 1.29 is 22.4 Å². The largest absolute Gasteiger partial charge is 0.417 e. The SMILES string of the molecule is Cc1ccc(C(=O)N2CC3CC34CC(Nc3ccc(C(F)(F)F)cn3)C24)c(-c2ncccc2F)n1. The van der Waals surface area contributed by atoms with Gasteiger partial charge in [0.1, 0.15) is 17.2 Å². The number of nitrogens with zero attached hydrogens (tertiary/aromatic N) is 4. The van der Waals surface area contributed by atoms with Gasteiger partial charge in [0.15, 0.2) is 5.82 Å². The first-order chi connectivity index (χ1) is 16.7. The minimum atomic E-state index is -4.45. The fourth-order valence-electron chi connectivity index (χ4n) is 5.82. The Morgan fingerprint density at radius 1 is 1.11 bits per heavy atom. The van der Waals surface area contributed by atoms with Crippen LogP contribution in [0.5, 0.6) is 0 Å². The summed E-state index contributed by atoms with van der Waals surface area (Å²) in [6.45, 7) is 2.35. The van der Waals surface area contributed by atoms with Gasteiger partial charge in [0.05, 0.1) is 17.2 Å². The molecule has 0 aromatic carbocycles. The quantitative estimate of drug-likeness (QED) is 0.544. The molecule has 2 aliphatic carbocycles. The Morgan fingerprint density at radius 3 is 2.66 bits per heavy atom. The van der Waals surface area contributed by atoms with Crippen molar-refractivity contribution in [3.8, 4) is 11.4 Å². The third-order valence-electron chi connectivity index (χ3n) is 7.53. The normalized spacial score (nSPS) is 26.5. The first-order valence-electron chi connectivity index (χ1n) is 11.4. The maximum atomic E-state index is 14.5. The van der Waals surface area contributed by atoms with Crippen molar-refractivity contribution in [3.63, 3.8) is 0 Å². The number of pyridine rings is 3. The summed E-state index contributed by atoms with van der Waals surface area (Å²) in [5.74, 6) is -0.0796. The molecule has 3 aromatic heterocycles. The molecule has 6 nitrogen and oxygen atoms in total. The van der Waals surface area contributed by atoms with Gasteiger partial charge in [-0.15, -0.1) is 0 Å². The summed E-state index contributed by atoms with van der Waals surface area (Å²) in [7, 11) is 0. The van der Waals surface area contributed by atoms with Crippen molar-refractivity contribution in [2.24, 2.45) is 11.3 Å². The summed E-state index contributed by atoms with van der Waals surface area (Å²) >= 11 is 0. The van der Waals surface area contributed by atoms with E-state index in [0.717, 1.165) is 25.1 Å². The molecule has 10 heteroatoms. The smallest absolute Gasteiger partial charge is 0.365 e. The molecule has 3 aliphatic rings. The van der Waals surface area contributed by atoms with Gasteiger partial charge < -0.3 is 10.2 Å². The monoisotopic (exact) mass is 483 g/mol. The number of aryl methyl sites for hydroxylation is 1. The maximum Gasteiger partial charge on any atom is 0.417 e. The van der Waals surface area contributed by atoms with Crippen molar-refractivity contribution in [2.75, 3.05) is 11.9 Å². The third kappa shape index (κ3) is 3.45. The van der Waals surface area contributed by atoms with Crippen LogP contribution in [0.2, 0.25) is 0 Å². The van der Waals surface area contributed by atoms with Gasteiger partial charge in [0.25, 0.3) is 5.91 Å². The molecule has 0 bridgehead atoms. The summed E-state index contributed by atoms with van der Waals surface area (Å²) < 4.78 is 53.1. The van der Waals surface area contributed by atoms with Gasteiger partial charge >= 0.3 is 6.18 Å². The lowest BCUT2D eigenvalue weighted by atomic mass is 9.71. The molecule has 4 unspecified atom stereocenters. The predicted octanol–water partition coefficient (Wildman–Crippen LogP) is 4.72. The van der Waals surface area contributed by atoms with Crippen LogP contribution in [0.3, 0.4) is 0 Å². The summed E-state index contributed by atoms with van der Waals surface area (Å²) in [6.07, 6.45) is -0.342. The number of amides is 1. The number of alkyl halides is 3. The molecule has 3 aromatic rings. The Morgan fingerprint density at radius 2 is 1.94 bits per heavy atom. The fraction of sp³-hybridized carbons (Fsp3) is 0.360. The molecule has 1 N–H and O–H groups in total. The zero-order valence-electron chi connectivity index (χ0n) is 18.7. The van der Waals surface area contributed by atoms with E-state index in [1.807, 2.05) is 0 Å². The summed E-state index contributed by atoms with van der Waals surface area (Å²) in [4.78, 5) is 28.0. The topological polar surface area (TPSA) is 71.0 Å². The van der Waals surface area contributed by atoms with Crippen LogP contribution in [0.1, 0.15) is 34.5 Å². The molecular formula is C25H21F4N5O. The number of anilines is 1. The minimum Gasteiger partial charge on any atom is -0.365 e. The first-order valence-corrected chi connectivity index (χ1v) is 11.4. The number of piperidine rings is 1. The van der Waals surface area contributed by atoms with Crippen molar-refractivity contribution in [1.29, 1.82) is 0 Å². The van der Waals surface area contributed by atoms with Crippen molar-refractivity contribution in [3.05, 3.63) is 71.4 Å². The van der Waals surface area contributed by atoms with E-state index in [9.17, 15) is 22.4 Å². The van der Waals surface area contributed by atoms with Crippen molar-refractivity contribution in [2.45, 2.75) is 38.0 Å². The second-order valence-corrected chi connectivity index (χ2v) is 9.60. The Bertz CT molecular complexity index is 1330. The van der Waals surface area contributed by atoms with Crippen LogP contribution in [-0.4, -0.2) is 44.4 Å². The average Bonchev–Trinajstić information content (AvgIpc) is 3.47. The van der Waals surface area contributed by atoms with Crippen LogP contribution in [0.4, 0.5) is 23.4 Å². The van der Waals surface area contributed by atoms with E-state index in [1.165, 1.54) is 24.4 Å². The predicted molar refractivity (Wildman–Crippen MR) is 119 cm³/mol. The molecule has 180 valence electrons. The summed E-state index contributed by atoms with van der Waals surface area (Å²) in [5, 5.41) is 3.22. The molecule has 35 heavy (non-hydrogen) atoms. The van der Waals surface area contributed by atoms with E-state index in [1.54, 1.807) is 24.0 Å². The fourth-order valence-corrected chi connectivity index (χ4v) is 5.82. The number of carbonyl (C=O) groups is 1. The number of nitrogens with one attached hydrogen (secondary N) is 1. The molecule has 3 fully saturated rings. The zero-order chi connectivity index (χ0) is 24.5. The summed E-state index contributed by atoms with van der Waals surface area (Å²) in [6, 6.07) is 8.18. The summed E-state index contributed by atoms with van der Waals surface area (Å²) in [5.41, 5.74) is 0.372. The highest BCUT2D eigenvalue weighted by Gasteiger charge is 2.75. The van der Waals surface area contributed by atoms with Crippen molar-refractivity contribution >= 4 is 11.7 Å². The van der Waals surface area contributed by atoms with Gasteiger partial charge in [-0.2, -0.15) is 13.2 Å². The molecule has 1 spiro atoms. The zero-order valence-corrected chi connectivity index (χ0v) is 18.7. The third-order valence-corrected chi connectivity index (χ3v) is 7.53. The van der Waals surface area contributed by atoms with Gasteiger partial charge in [-0.25, -0.2) is 9.37 Å².